The predicted molar refractivity (Wildman–Crippen MR) is 88.5 cm³/mol. The first-order chi connectivity index (χ1) is 9.88. The molecule has 2 rings (SSSR count). The van der Waals surface area contributed by atoms with E-state index >= 15 is 0 Å². The van der Waals surface area contributed by atoms with Crippen molar-refractivity contribution >= 4 is 0 Å². The molecule has 1 fully saturated rings. The summed E-state index contributed by atoms with van der Waals surface area (Å²) < 4.78 is 1.99. The van der Waals surface area contributed by atoms with Gasteiger partial charge in [-0.2, -0.15) is 5.10 Å². The van der Waals surface area contributed by atoms with Gasteiger partial charge in [0.1, 0.15) is 0 Å². The summed E-state index contributed by atoms with van der Waals surface area (Å²) in [5.41, 5.74) is 2.79. The quantitative estimate of drug-likeness (QED) is 0.926. The molecule has 0 aliphatic carbocycles. The van der Waals surface area contributed by atoms with E-state index in [0.717, 1.165) is 13.1 Å². The van der Waals surface area contributed by atoms with Gasteiger partial charge in [0, 0.05) is 30.3 Å². The molecule has 1 aliphatic rings. The second-order valence-electron chi connectivity index (χ2n) is 7.39. The van der Waals surface area contributed by atoms with Crippen molar-refractivity contribution < 1.29 is 0 Å². The first kappa shape index (κ1) is 16.5. The molecule has 1 saturated heterocycles. The van der Waals surface area contributed by atoms with Crippen LogP contribution >= 0.6 is 0 Å². The summed E-state index contributed by atoms with van der Waals surface area (Å²) in [6.07, 6.45) is 4.87. The molecule has 0 spiro atoms. The molecule has 0 radical (unpaired) electrons. The van der Waals surface area contributed by atoms with Gasteiger partial charge < -0.3 is 5.32 Å². The minimum absolute atomic E-state index is 0.0949. The summed E-state index contributed by atoms with van der Waals surface area (Å²) in [6.45, 7) is 12.5. The van der Waals surface area contributed by atoms with Crippen LogP contribution in [0.5, 0.6) is 0 Å². The maximum atomic E-state index is 4.79. The zero-order valence-corrected chi connectivity index (χ0v) is 14.6. The molecule has 2 heterocycles. The van der Waals surface area contributed by atoms with Crippen molar-refractivity contribution in [2.45, 2.75) is 52.0 Å². The van der Waals surface area contributed by atoms with Gasteiger partial charge in [0.15, 0.2) is 0 Å². The summed E-state index contributed by atoms with van der Waals surface area (Å²) in [5, 5.41) is 8.18. The molecule has 0 bridgehead atoms. The number of rotatable bonds is 4. The highest BCUT2D eigenvalue weighted by Gasteiger charge is 2.36. The standard InChI is InChI=1S/C17H32N4/c1-7-21-10-8-9-13(11-18-5)15(21)14-12-20(6)19-16(14)17(2,3)4/h12-13,15,18H,7-11H2,1-6H3. The molecular weight excluding hydrogens is 260 g/mol. The summed E-state index contributed by atoms with van der Waals surface area (Å²) in [5.74, 6) is 0.675. The number of aryl methyl sites for hydroxylation is 1. The molecule has 0 amide bonds. The number of likely N-dealkylation sites (tertiary alicyclic amines) is 1. The molecule has 0 aromatic carbocycles. The molecule has 4 nitrogen and oxygen atoms in total. The molecule has 0 saturated carbocycles. The Kier molecular flexibility index (Phi) is 5.10. The third kappa shape index (κ3) is 3.49. The molecule has 2 atom stereocenters. The number of nitrogens with one attached hydrogen (secondary N) is 1. The van der Waals surface area contributed by atoms with Crippen molar-refractivity contribution in [2.24, 2.45) is 13.0 Å². The zero-order valence-electron chi connectivity index (χ0n) is 14.6. The van der Waals surface area contributed by atoms with Gasteiger partial charge in [-0.25, -0.2) is 0 Å². The lowest BCUT2D eigenvalue weighted by Gasteiger charge is -2.41. The van der Waals surface area contributed by atoms with Gasteiger partial charge in [0.25, 0.3) is 0 Å². The van der Waals surface area contributed by atoms with E-state index in [2.05, 4.69) is 51.2 Å². The second-order valence-corrected chi connectivity index (χ2v) is 7.39. The van der Waals surface area contributed by atoms with E-state index in [1.165, 1.54) is 30.6 Å². The third-order valence-electron chi connectivity index (χ3n) is 4.62. The van der Waals surface area contributed by atoms with Gasteiger partial charge in [-0.15, -0.1) is 0 Å². The lowest BCUT2D eigenvalue weighted by atomic mass is 9.80. The average molecular weight is 292 g/mol. The van der Waals surface area contributed by atoms with E-state index in [0.29, 0.717) is 12.0 Å². The Morgan fingerprint density at radius 3 is 2.67 bits per heavy atom. The van der Waals surface area contributed by atoms with Crippen LogP contribution in [0.4, 0.5) is 0 Å². The Morgan fingerprint density at radius 1 is 1.38 bits per heavy atom. The van der Waals surface area contributed by atoms with Crippen molar-refractivity contribution in [1.82, 2.24) is 20.0 Å². The Hall–Kier alpha value is -0.870. The molecule has 1 aromatic heterocycles. The van der Waals surface area contributed by atoms with Gasteiger partial charge in [-0.1, -0.05) is 27.7 Å². The smallest absolute Gasteiger partial charge is 0.0725 e. The summed E-state index contributed by atoms with van der Waals surface area (Å²) in [6, 6.07) is 0.499. The molecule has 4 heteroatoms. The van der Waals surface area contributed by atoms with Crippen LogP contribution in [-0.2, 0) is 12.5 Å². The number of aromatic nitrogens is 2. The van der Waals surface area contributed by atoms with Gasteiger partial charge in [0.05, 0.1) is 5.69 Å². The van der Waals surface area contributed by atoms with Gasteiger partial charge in [0.2, 0.25) is 0 Å². The van der Waals surface area contributed by atoms with E-state index in [1.54, 1.807) is 0 Å². The number of nitrogens with zero attached hydrogens (tertiary/aromatic N) is 3. The van der Waals surface area contributed by atoms with Crippen LogP contribution in [0.25, 0.3) is 0 Å². The van der Waals surface area contributed by atoms with Crippen molar-refractivity contribution in [3.8, 4) is 0 Å². The number of hydrogen-bond donors (Lipinski definition) is 1. The van der Waals surface area contributed by atoms with E-state index in [4.69, 9.17) is 5.10 Å². The molecule has 120 valence electrons. The Morgan fingerprint density at radius 2 is 2.10 bits per heavy atom. The minimum Gasteiger partial charge on any atom is -0.319 e. The zero-order chi connectivity index (χ0) is 15.6. The number of hydrogen-bond acceptors (Lipinski definition) is 3. The molecular formula is C17H32N4. The van der Waals surface area contributed by atoms with E-state index in [-0.39, 0.29) is 5.41 Å². The van der Waals surface area contributed by atoms with Crippen LogP contribution in [-0.4, -0.2) is 41.4 Å². The van der Waals surface area contributed by atoms with Gasteiger partial charge >= 0.3 is 0 Å². The Balaban J connectivity index is 2.43. The first-order valence-corrected chi connectivity index (χ1v) is 8.31. The van der Waals surface area contributed by atoms with E-state index < -0.39 is 0 Å². The van der Waals surface area contributed by atoms with Crippen molar-refractivity contribution in [2.75, 3.05) is 26.7 Å². The Bertz CT molecular complexity index is 456. The lowest BCUT2D eigenvalue weighted by molar-refractivity contribution is 0.0968. The summed E-state index contributed by atoms with van der Waals surface area (Å²) in [4.78, 5) is 2.64. The normalized spacial score (nSPS) is 24.5. The van der Waals surface area contributed by atoms with Crippen molar-refractivity contribution in [3.05, 3.63) is 17.5 Å². The minimum atomic E-state index is 0.0949. The topological polar surface area (TPSA) is 33.1 Å². The molecule has 1 aliphatic heterocycles. The lowest BCUT2D eigenvalue weighted by Crippen LogP contribution is -2.42. The fourth-order valence-corrected chi connectivity index (χ4v) is 3.74. The fraction of sp³-hybridized carbons (Fsp3) is 0.824. The monoisotopic (exact) mass is 292 g/mol. The van der Waals surface area contributed by atoms with Crippen molar-refractivity contribution in [1.29, 1.82) is 0 Å². The van der Waals surface area contributed by atoms with Gasteiger partial charge in [-0.05, 0) is 45.4 Å². The van der Waals surface area contributed by atoms with E-state index in [1.807, 2.05) is 11.7 Å². The van der Waals surface area contributed by atoms with Crippen LogP contribution in [0.3, 0.4) is 0 Å². The fourth-order valence-electron chi connectivity index (χ4n) is 3.74. The van der Waals surface area contributed by atoms with Crippen molar-refractivity contribution in [3.63, 3.8) is 0 Å². The highest BCUT2D eigenvalue weighted by Crippen LogP contribution is 2.39. The number of piperidine rings is 1. The molecule has 2 unspecified atom stereocenters. The maximum absolute atomic E-state index is 4.79. The third-order valence-corrected chi connectivity index (χ3v) is 4.62. The van der Waals surface area contributed by atoms with Crippen LogP contribution in [0.1, 0.15) is 57.8 Å². The maximum Gasteiger partial charge on any atom is 0.0725 e. The highest BCUT2D eigenvalue weighted by atomic mass is 15.3. The molecule has 21 heavy (non-hydrogen) atoms. The van der Waals surface area contributed by atoms with Crippen LogP contribution < -0.4 is 5.32 Å². The summed E-state index contributed by atoms with van der Waals surface area (Å²) in [7, 11) is 4.11. The van der Waals surface area contributed by atoms with Gasteiger partial charge in [-0.3, -0.25) is 9.58 Å². The summed E-state index contributed by atoms with van der Waals surface area (Å²) >= 11 is 0. The highest BCUT2D eigenvalue weighted by molar-refractivity contribution is 5.28. The molecule has 1 aromatic rings. The molecule has 1 N–H and O–H groups in total. The first-order valence-electron chi connectivity index (χ1n) is 8.31. The SMILES string of the molecule is CCN1CCCC(CNC)C1c1cn(C)nc1C(C)(C)C. The second kappa shape index (κ2) is 6.49. The Labute approximate surface area is 129 Å². The average Bonchev–Trinajstić information content (AvgIpc) is 2.80. The largest absolute Gasteiger partial charge is 0.319 e. The van der Waals surface area contributed by atoms with Crippen LogP contribution in [0, 0.1) is 5.92 Å². The predicted octanol–water partition coefficient (Wildman–Crippen LogP) is 2.71. The van der Waals surface area contributed by atoms with Crippen LogP contribution in [0.2, 0.25) is 0 Å². The van der Waals surface area contributed by atoms with E-state index in [9.17, 15) is 0 Å². The van der Waals surface area contributed by atoms with Crippen LogP contribution in [0.15, 0.2) is 6.20 Å².